The average Bonchev–Trinajstić information content (AvgIpc) is 2.61. The largest absolute Gasteiger partial charge is 0.372 e. The van der Waals surface area contributed by atoms with E-state index in [0.29, 0.717) is 0 Å². The van der Waals surface area contributed by atoms with Gasteiger partial charge in [0.1, 0.15) is 0 Å². The summed E-state index contributed by atoms with van der Waals surface area (Å²) in [5, 5.41) is 14.2. The van der Waals surface area contributed by atoms with Crippen LogP contribution in [0.1, 0.15) is 38.5 Å². The lowest BCUT2D eigenvalue weighted by atomic mass is 9.85. The van der Waals surface area contributed by atoms with Gasteiger partial charge in [0.2, 0.25) is 0 Å². The molecule has 0 atom stereocenters. The van der Waals surface area contributed by atoms with E-state index in [1.807, 2.05) is 12.1 Å². The van der Waals surface area contributed by atoms with E-state index in [0.717, 1.165) is 30.6 Å². The summed E-state index contributed by atoms with van der Waals surface area (Å²) in [7, 11) is 0. The third-order valence-electron chi connectivity index (χ3n) is 5.48. The maximum Gasteiger partial charge on any atom is 0.269 e. The van der Waals surface area contributed by atoms with Crippen molar-refractivity contribution in [1.29, 1.82) is 0 Å². The van der Waals surface area contributed by atoms with Crippen molar-refractivity contribution in [3.8, 4) is 0 Å². The lowest BCUT2D eigenvalue weighted by molar-refractivity contribution is -0.384. The number of nitro groups is 1. The van der Waals surface area contributed by atoms with Crippen LogP contribution in [0.15, 0.2) is 24.3 Å². The molecule has 3 rings (SSSR count). The van der Waals surface area contributed by atoms with E-state index in [4.69, 9.17) is 0 Å². The molecule has 126 valence electrons. The van der Waals surface area contributed by atoms with Crippen LogP contribution in [0.4, 0.5) is 11.4 Å². The first-order valence-electron chi connectivity index (χ1n) is 8.92. The Kier molecular flexibility index (Phi) is 5.49. The van der Waals surface area contributed by atoms with E-state index < -0.39 is 0 Å². The van der Waals surface area contributed by atoms with Gasteiger partial charge in [-0.3, -0.25) is 10.1 Å². The molecule has 2 heterocycles. The van der Waals surface area contributed by atoms with Gasteiger partial charge in [-0.25, -0.2) is 0 Å². The first kappa shape index (κ1) is 16.2. The first-order valence-corrected chi connectivity index (χ1v) is 8.92. The van der Waals surface area contributed by atoms with Crippen LogP contribution in [0.5, 0.6) is 0 Å². The van der Waals surface area contributed by atoms with Gasteiger partial charge >= 0.3 is 0 Å². The summed E-state index contributed by atoms with van der Waals surface area (Å²) in [5.41, 5.74) is 1.29. The van der Waals surface area contributed by atoms with Crippen molar-refractivity contribution in [2.24, 2.45) is 11.8 Å². The smallest absolute Gasteiger partial charge is 0.269 e. The minimum absolute atomic E-state index is 0.172. The Morgan fingerprint density at radius 2 is 1.57 bits per heavy atom. The molecule has 5 nitrogen and oxygen atoms in total. The average molecular weight is 317 g/mol. The molecule has 2 aliphatic rings. The summed E-state index contributed by atoms with van der Waals surface area (Å²) in [6, 6.07) is 6.98. The summed E-state index contributed by atoms with van der Waals surface area (Å²) in [4.78, 5) is 12.8. The minimum atomic E-state index is -0.337. The molecule has 0 bridgehead atoms. The van der Waals surface area contributed by atoms with Gasteiger partial charge < -0.3 is 10.2 Å². The summed E-state index contributed by atoms with van der Waals surface area (Å²) < 4.78 is 0. The molecule has 1 aromatic rings. The van der Waals surface area contributed by atoms with Crippen molar-refractivity contribution >= 4 is 11.4 Å². The lowest BCUT2D eigenvalue weighted by Crippen LogP contribution is -2.34. The van der Waals surface area contributed by atoms with Crippen LogP contribution in [0, 0.1) is 22.0 Å². The number of nitrogens with one attached hydrogen (secondary N) is 1. The molecule has 23 heavy (non-hydrogen) atoms. The van der Waals surface area contributed by atoms with Gasteiger partial charge in [0.15, 0.2) is 0 Å². The van der Waals surface area contributed by atoms with Crippen LogP contribution in [0.25, 0.3) is 0 Å². The van der Waals surface area contributed by atoms with Crippen LogP contribution in [0.3, 0.4) is 0 Å². The van der Waals surface area contributed by atoms with E-state index >= 15 is 0 Å². The molecule has 2 fully saturated rings. The number of hydrogen-bond acceptors (Lipinski definition) is 4. The Bertz CT molecular complexity index is 504. The topological polar surface area (TPSA) is 58.4 Å². The van der Waals surface area contributed by atoms with Gasteiger partial charge in [0.05, 0.1) is 4.92 Å². The predicted octanol–water partition coefficient (Wildman–Crippen LogP) is 3.59. The van der Waals surface area contributed by atoms with Crippen molar-refractivity contribution in [1.82, 2.24) is 5.32 Å². The Balaban J connectivity index is 1.43. The van der Waals surface area contributed by atoms with Gasteiger partial charge in [-0.15, -0.1) is 0 Å². The second-order valence-electron chi connectivity index (χ2n) is 6.97. The van der Waals surface area contributed by atoms with Crippen molar-refractivity contribution < 1.29 is 4.92 Å². The molecule has 0 saturated carbocycles. The van der Waals surface area contributed by atoms with E-state index in [1.54, 1.807) is 12.1 Å². The Labute approximate surface area is 138 Å². The summed E-state index contributed by atoms with van der Waals surface area (Å²) >= 11 is 0. The van der Waals surface area contributed by atoms with Crippen LogP contribution in [-0.4, -0.2) is 31.1 Å². The number of non-ortho nitro benzene ring substituents is 1. The van der Waals surface area contributed by atoms with E-state index in [9.17, 15) is 10.1 Å². The van der Waals surface area contributed by atoms with E-state index in [2.05, 4.69) is 10.2 Å². The normalized spacial score (nSPS) is 20.6. The first-order chi connectivity index (χ1) is 11.2. The number of piperidine rings is 2. The summed E-state index contributed by atoms with van der Waals surface area (Å²) in [6.07, 6.45) is 7.97. The van der Waals surface area contributed by atoms with Crippen LogP contribution >= 0.6 is 0 Å². The maximum absolute atomic E-state index is 10.7. The molecule has 0 unspecified atom stereocenters. The fraction of sp³-hybridized carbons (Fsp3) is 0.667. The quantitative estimate of drug-likeness (QED) is 0.666. The second-order valence-corrected chi connectivity index (χ2v) is 6.97. The monoisotopic (exact) mass is 317 g/mol. The predicted molar refractivity (Wildman–Crippen MR) is 92.9 cm³/mol. The molecule has 0 aliphatic carbocycles. The Morgan fingerprint density at radius 1 is 1.00 bits per heavy atom. The standard InChI is InChI=1S/C18H27N3O2/c22-21(23)18-5-3-17(4-6-18)20-13-9-16(10-14-20)2-1-15-7-11-19-12-8-15/h3-6,15-16,19H,1-2,7-14H2. The number of benzene rings is 1. The van der Waals surface area contributed by atoms with Crippen LogP contribution in [-0.2, 0) is 0 Å². The van der Waals surface area contributed by atoms with E-state index in [-0.39, 0.29) is 10.6 Å². The number of rotatable bonds is 5. The van der Waals surface area contributed by atoms with Gasteiger partial charge in [-0.05, 0) is 62.7 Å². The van der Waals surface area contributed by atoms with Crippen molar-refractivity contribution in [3.05, 3.63) is 34.4 Å². The zero-order valence-corrected chi connectivity index (χ0v) is 13.7. The van der Waals surface area contributed by atoms with Crippen molar-refractivity contribution in [2.75, 3.05) is 31.1 Å². The number of nitro benzene ring substituents is 1. The zero-order chi connectivity index (χ0) is 16.1. The highest BCUT2D eigenvalue weighted by Crippen LogP contribution is 2.29. The molecule has 0 spiro atoms. The number of hydrogen-bond donors (Lipinski definition) is 1. The molecule has 2 aliphatic heterocycles. The summed E-state index contributed by atoms with van der Waals surface area (Å²) in [6.45, 7) is 4.55. The van der Waals surface area contributed by atoms with Gasteiger partial charge in [-0.1, -0.05) is 12.8 Å². The number of anilines is 1. The SMILES string of the molecule is O=[N+]([O-])c1ccc(N2CCC(CCC3CCNCC3)CC2)cc1. The third kappa shape index (κ3) is 4.44. The molecular formula is C18H27N3O2. The fourth-order valence-corrected chi connectivity index (χ4v) is 3.91. The molecule has 0 aromatic heterocycles. The highest BCUT2D eigenvalue weighted by atomic mass is 16.6. The summed E-state index contributed by atoms with van der Waals surface area (Å²) in [5.74, 6) is 1.79. The Morgan fingerprint density at radius 3 is 2.13 bits per heavy atom. The maximum atomic E-state index is 10.7. The second kappa shape index (κ2) is 7.77. The Hall–Kier alpha value is -1.62. The van der Waals surface area contributed by atoms with Gasteiger partial charge in [0.25, 0.3) is 5.69 Å². The van der Waals surface area contributed by atoms with Gasteiger partial charge in [0, 0.05) is 30.9 Å². The molecular weight excluding hydrogens is 290 g/mol. The van der Waals surface area contributed by atoms with E-state index in [1.165, 1.54) is 51.6 Å². The fourth-order valence-electron chi connectivity index (χ4n) is 3.91. The minimum Gasteiger partial charge on any atom is -0.372 e. The third-order valence-corrected chi connectivity index (χ3v) is 5.48. The molecule has 0 amide bonds. The van der Waals surface area contributed by atoms with Crippen LogP contribution in [0.2, 0.25) is 0 Å². The molecule has 1 N–H and O–H groups in total. The molecule has 0 radical (unpaired) electrons. The lowest BCUT2D eigenvalue weighted by Gasteiger charge is -2.34. The molecule has 5 heteroatoms. The van der Waals surface area contributed by atoms with Gasteiger partial charge in [-0.2, -0.15) is 0 Å². The van der Waals surface area contributed by atoms with Crippen molar-refractivity contribution in [2.45, 2.75) is 38.5 Å². The highest BCUT2D eigenvalue weighted by molar-refractivity contribution is 5.51. The zero-order valence-electron chi connectivity index (χ0n) is 13.7. The van der Waals surface area contributed by atoms with Crippen LogP contribution < -0.4 is 10.2 Å². The highest BCUT2D eigenvalue weighted by Gasteiger charge is 2.21. The molecule has 2 saturated heterocycles. The number of nitrogens with zero attached hydrogens (tertiary/aromatic N) is 2. The van der Waals surface area contributed by atoms with Crippen molar-refractivity contribution in [3.63, 3.8) is 0 Å². The molecule has 1 aromatic carbocycles.